The number of nitrogens with zero attached hydrogens (tertiary/aromatic N) is 4. The van der Waals surface area contributed by atoms with Crippen molar-refractivity contribution in [1.82, 2.24) is 15.3 Å². The minimum Gasteiger partial charge on any atom is -0.454 e. The summed E-state index contributed by atoms with van der Waals surface area (Å²) in [6, 6.07) is 8.06. The largest absolute Gasteiger partial charge is 0.454 e. The van der Waals surface area contributed by atoms with E-state index in [1.165, 1.54) is 25.7 Å². The second kappa shape index (κ2) is 10.2. The van der Waals surface area contributed by atoms with E-state index in [4.69, 9.17) is 31.7 Å². The van der Waals surface area contributed by atoms with E-state index in [2.05, 4.69) is 40.3 Å². The van der Waals surface area contributed by atoms with Gasteiger partial charge >= 0.3 is 0 Å². The number of hydrogen-bond donors (Lipinski definition) is 2. The summed E-state index contributed by atoms with van der Waals surface area (Å²) in [6.07, 6.45) is 4.96. The highest BCUT2D eigenvalue weighted by Crippen LogP contribution is 2.32. The van der Waals surface area contributed by atoms with E-state index in [0.29, 0.717) is 29.4 Å². The van der Waals surface area contributed by atoms with E-state index in [9.17, 15) is 0 Å². The highest BCUT2D eigenvalue weighted by Gasteiger charge is 2.25. The summed E-state index contributed by atoms with van der Waals surface area (Å²) < 4.78 is 10.9. The molecule has 0 radical (unpaired) electrons. The predicted molar refractivity (Wildman–Crippen MR) is 139 cm³/mol. The minimum absolute atomic E-state index is 0.272. The van der Waals surface area contributed by atoms with Gasteiger partial charge in [0.2, 0.25) is 12.7 Å². The van der Waals surface area contributed by atoms with Gasteiger partial charge in [0.05, 0.1) is 0 Å². The second-order valence-corrected chi connectivity index (χ2v) is 10.2. The molecule has 0 spiro atoms. The second-order valence-electron chi connectivity index (χ2n) is 9.80. The fourth-order valence-electron chi connectivity index (χ4n) is 5.15. The Kier molecular flexibility index (Phi) is 6.89. The molecule has 2 fully saturated rings. The van der Waals surface area contributed by atoms with Gasteiger partial charge in [-0.2, -0.15) is 9.97 Å². The molecule has 2 atom stereocenters. The Hall–Kier alpha value is -2.81. The van der Waals surface area contributed by atoms with Crippen LogP contribution in [0.4, 0.5) is 17.6 Å². The molecule has 1 aromatic heterocycles. The Morgan fingerprint density at radius 3 is 2.44 bits per heavy atom. The lowest BCUT2D eigenvalue weighted by Crippen LogP contribution is -2.40. The van der Waals surface area contributed by atoms with E-state index in [-0.39, 0.29) is 6.79 Å². The summed E-state index contributed by atoms with van der Waals surface area (Å²) in [5.74, 6) is 5.36. The molecule has 2 saturated heterocycles. The van der Waals surface area contributed by atoms with Crippen LogP contribution in [0, 0.1) is 11.8 Å². The van der Waals surface area contributed by atoms with Gasteiger partial charge in [-0.25, -0.2) is 0 Å². The molecule has 0 saturated carbocycles. The fourth-order valence-corrected chi connectivity index (χ4v) is 5.32. The van der Waals surface area contributed by atoms with Gasteiger partial charge in [-0.05, 0) is 67.4 Å². The van der Waals surface area contributed by atoms with Crippen molar-refractivity contribution in [1.29, 1.82) is 0 Å². The minimum atomic E-state index is 0.272. The maximum atomic E-state index is 5.59. The number of ether oxygens (including phenoxy) is 2. The Morgan fingerprint density at radius 1 is 0.971 bits per heavy atom. The highest BCUT2D eigenvalue weighted by molar-refractivity contribution is 7.80. The number of benzene rings is 1. The predicted octanol–water partition coefficient (Wildman–Crippen LogP) is 4.16. The first-order valence-electron chi connectivity index (χ1n) is 12.4. The molecule has 182 valence electrons. The molecule has 0 unspecified atom stereocenters. The van der Waals surface area contributed by atoms with Crippen LogP contribution in [0.1, 0.15) is 45.1 Å². The monoisotopic (exact) mass is 482 g/mol. The SMILES string of the molecule is C[C@H]1C[C@H](C)CN(c2cc(N3CCCCC3)nc(NC(=S)NCc3ccc4c(c3)OCO4)n2)C1. The molecule has 0 aliphatic carbocycles. The molecule has 4 heterocycles. The number of aromatic nitrogens is 2. The lowest BCUT2D eigenvalue weighted by Gasteiger charge is -2.36. The quantitative estimate of drug-likeness (QED) is 0.611. The number of fused-ring (bicyclic) bond motifs is 1. The third-order valence-corrected chi connectivity index (χ3v) is 6.93. The molecule has 5 rings (SSSR count). The molecule has 0 amide bonds. The first-order chi connectivity index (χ1) is 16.5. The van der Waals surface area contributed by atoms with Crippen LogP contribution in [0.25, 0.3) is 0 Å². The number of nitrogens with one attached hydrogen (secondary N) is 2. The molecule has 34 heavy (non-hydrogen) atoms. The standard InChI is InChI=1S/C25H34N6O2S/c1-17-10-18(2)15-31(14-17)23-12-22(30-8-4-3-5-9-30)27-24(28-23)29-25(34)26-13-19-6-7-20-21(11-19)33-16-32-20/h6-7,11-12,17-18H,3-5,8-10,13-16H2,1-2H3,(H2,26,27,28,29,34)/t17-,18-/m0/s1. The van der Waals surface area contributed by atoms with Crippen LogP contribution in [0.15, 0.2) is 24.3 Å². The van der Waals surface area contributed by atoms with E-state index in [1.54, 1.807) is 0 Å². The van der Waals surface area contributed by atoms with Crippen molar-refractivity contribution in [2.24, 2.45) is 11.8 Å². The van der Waals surface area contributed by atoms with Crippen molar-refractivity contribution in [2.45, 2.75) is 46.1 Å². The highest BCUT2D eigenvalue weighted by atomic mass is 32.1. The normalized spacial score (nSPS) is 21.9. The lowest BCUT2D eigenvalue weighted by atomic mass is 9.92. The van der Waals surface area contributed by atoms with Gasteiger partial charge in [0, 0.05) is 38.8 Å². The van der Waals surface area contributed by atoms with Crippen LogP contribution in [0.3, 0.4) is 0 Å². The van der Waals surface area contributed by atoms with Gasteiger partial charge in [0.15, 0.2) is 16.6 Å². The maximum absolute atomic E-state index is 5.59. The van der Waals surface area contributed by atoms with E-state index in [0.717, 1.165) is 54.9 Å². The zero-order valence-corrected chi connectivity index (χ0v) is 20.9. The molecule has 3 aliphatic rings. The van der Waals surface area contributed by atoms with Gasteiger partial charge in [-0.15, -0.1) is 0 Å². The first kappa shape index (κ1) is 23.0. The Labute approximate surface area is 207 Å². The van der Waals surface area contributed by atoms with Gasteiger partial charge in [0.1, 0.15) is 11.6 Å². The van der Waals surface area contributed by atoms with E-state index in [1.807, 2.05) is 18.2 Å². The van der Waals surface area contributed by atoms with Crippen LogP contribution in [-0.2, 0) is 6.54 Å². The first-order valence-corrected chi connectivity index (χ1v) is 12.8. The number of hydrogen-bond acceptors (Lipinski definition) is 7. The zero-order valence-electron chi connectivity index (χ0n) is 20.0. The molecular weight excluding hydrogens is 448 g/mol. The summed E-state index contributed by atoms with van der Waals surface area (Å²) in [5, 5.41) is 7.00. The average molecular weight is 483 g/mol. The van der Waals surface area contributed by atoms with Crippen LogP contribution in [0.5, 0.6) is 11.5 Å². The fraction of sp³-hybridized carbons (Fsp3) is 0.560. The van der Waals surface area contributed by atoms with Gasteiger partial charge in [-0.1, -0.05) is 19.9 Å². The number of thiocarbonyl (C=S) groups is 1. The number of piperidine rings is 2. The van der Waals surface area contributed by atoms with Crippen molar-refractivity contribution >= 4 is 34.9 Å². The smallest absolute Gasteiger partial charge is 0.232 e. The maximum Gasteiger partial charge on any atom is 0.232 e. The molecule has 9 heteroatoms. The van der Waals surface area contributed by atoms with Crippen LogP contribution in [-0.4, -0.2) is 48.1 Å². The summed E-state index contributed by atoms with van der Waals surface area (Å²) >= 11 is 5.59. The summed E-state index contributed by atoms with van der Waals surface area (Å²) in [6.45, 7) is 9.61. The van der Waals surface area contributed by atoms with Gasteiger partial charge in [0.25, 0.3) is 0 Å². The van der Waals surface area contributed by atoms with Crippen molar-refractivity contribution in [2.75, 3.05) is 48.1 Å². The summed E-state index contributed by atoms with van der Waals surface area (Å²) in [4.78, 5) is 14.5. The van der Waals surface area contributed by atoms with Crippen LogP contribution in [0.2, 0.25) is 0 Å². The van der Waals surface area contributed by atoms with E-state index >= 15 is 0 Å². The summed E-state index contributed by atoms with van der Waals surface area (Å²) in [5.41, 5.74) is 1.06. The lowest BCUT2D eigenvalue weighted by molar-refractivity contribution is 0.174. The molecule has 2 aromatic rings. The Morgan fingerprint density at radius 2 is 1.68 bits per heavy atom. The van der Waals surface area contributed by atoms with Crippen molar-refractivity contribution in [3.8, 4) is 11.5 Å². The summed E-state index contributed by atoms with van der Waals surface area (Å²) in [7, 11) is 0. The number of rotatable bonds is 5. The molecular formula is C25H34N6O2S. The van der Waals surface area contributed by atoms with Crippen LogP contribution < -0.4 is 29.9 Å². The third kappa shape index (κ3) is 5.46. The van der Waals surface area contributed by atoms with Crippen LogP contribution >= 0.6 is 12.2 Å². The average Bonchev–Trinajstić information content (AvgIpc) is 3.30. The topological polar surface area (TPSA) is 74.8 Å². The van der Waals surface area contributed by atoms with Gasteiger partial charge < -0.3 is 29.9 Å². The molecule has 2 N–H and O–H groups in total. The van der Waals surface area contributed by atoms with Crippen molar-refractivity contribution < 1.29 is 9.47 Å². The van der Waals surface area contributed by atoms with E-state index < -0.39 is 0 Å². The molecule has 8 nitrogen and oxygen atoms in total. The Bertz CT molecular complexity index is 1020. The Balaban J connectivity index is 1.30. The molecule has 1 aromatic carbocycles. The molecule has 3 aliphatic heterocycles. The zero-order chi connectivity index (χ0) is 23.5. The van der Waals surface area contributed by atoms with Crippen molar-refractivity contribution in [3.63, 3.8) is 0 Å². The molecule has 0 bridgehead atoms. The van der Waals surface area contributed by atoms with Gasteiger partial charge in [-0.3, -0.25) is 0 Å². The third-order valence-electron chi connectivity index (χ3n) is 6.69. The van der Waals surface area contributed by atoms with Crippen molar-refractivity contribution in [3.05, 3.63) is 29.8 Å². The number of anilines is 3.